The minimum Gasteiger partial charge on any atom is -0.435 e. The van der Waals surface area contributed by atoms with Crippen LogP contribution in [0.4, 0.5) is 0 Å². The van der Waals surface area contributed by atoms with Crippen molar-refractivity contribution >= 4 is 17.6 Å². The molecule has 0 amide bonds. The van der Waals surface area contributed by atoms with E-state index in [0.29, 0.717) is 0 Å². The first-order valence-electron chi connectivity index (χ1n) is 5.96. The molecule has 0 heterocycles. The third-order valence-electron chi connectivity index (χ3n) is 2.86. The molecule has 0 saturated carbocycles. The van der Waals surface area contributed by atoms with Crippen LogP contribution >= 0.6 is 0 Å². The lowest BCUT2D eigenvalue weighted by molar-refractivity contribution is 0.554. The van der Waals surface area contributed by atoms with E-state index >= 15 is 0 Å². The number of hydrogen-bond donors (Lipinski definition) is 1. The molecule has 0 aliphatic heterocycles. The van der Waals surface area contributed by atoms with Gasteiger partial charge in [0.1, 0.15) is 0 Å². The fourth-order valence-corrected chi connectivity index (χ4v) is 6.94. The average Bonchev–Trinajstić information content (AvgIpc) is 2.30. The summed E-state index contributed by atoms with van der Waals surface area (Å²) >= 11 is 0. The molecule has 88 valence electrons. The first-order chi connectivity index (χ1) is 8.16. The van der Waals surface area contributed by atoms with E-state index in [1.54, 1.807) is 0 Å². The summed E-state index contributed by atoms with van der Waals surface area (Å²) < 4.78 is 0. The first-order valence-corrected chi connectivity index (χ1v) is 11.8. The molecule has 0 atom stereocenters. The van der Waals surface area contributed by atoms with E-state index in [1.807, 2.05) is 36.4 Å². The molecule has 1 N–H and O–H groups in total. The van der Waals surface area contributed by atoms with Crippen molar-refractivity contribution in [2.24, 2.45) is 0 Å². The van der Waals surface area contributed by atoms with E-state index in [0.717, 1.165) is 21.8 Å². The number of hydrogen-bond acceptors (Lipinski definition) is 1. The summed E-state index contributed by atoms with van der Waals surface area (Å²) in [5.41, 5.74) is 2.54. The summed E-state index contributed by atoms with van der Waals surface area (Å²) in [6.07, 6.45) is 0. The van der Waals surface area contributed by atoms with E-state index < -0.39 is 7.83 Å². The number of rotatable bonds is 4. The monoisotopic (exact) mass is 258 g/mol. The average molecular weight is 258 g/mol. The lowest BCUT2D eigenvalue weighted by atomic mass is 10.2. The predicted molar refractivity (Wildman–Crippen MR) is 78.2 cm³/mol. The Balaban J connectivity index is 2.04. The first kappa shape index (κ1) is 12.3. The van der Waals surface area contributed by atoms with Gasteiger partial charge in [-0.05, 0) is 23.2 Å². The van der Waals surface area contributed by atoms with Crippen molar-refractivity contribution in [1.82, 2.24) is 0 Å². The molecule has 0 saturated heterocycles. The van der Waals surface area contributed by atoms with Crippen LogP contribution in [0.25, 0.3) is 0 Å². The molecule has 0 aliphatic rings. The van der Waals surface area contributed by atoms with Crippen molar-refractivity contribution in [3.63, 3.8) is 0 Å². The Morgan fingerprint density at radius 2 is 1.12 bits per heavy atom. The second kappa shape index (κ2) is 5.44. The Hall–Kier alpha value is -1.17. The SMILES string of the molecule is O[Si]([SiH3])(Cc1ccccc1)Cc1ccccc1. The molecule has 17 heavy (non-hydrogen) atoms. The zero-order chi connectivity index (χ0) is 12.1. The molecule has 0 aliphatic carbocycles. The maximum Gasteiger partial charge on any atom is 0.173 e. The van der Waals surface area contributed by atoms with Crippen LogP contribution in [-0.2, 0) is 12.1 Å². The van der Waals surface area contributed by atoms with Crippen LogP contribution < -0.4 is 0 Å². The summed E-state index contributed by atoms with van der Waals surface area (Å²) in [5.74, 6) is 0. The van der Waals surface area contributed by atoms with Gasteiger partial charge in [0.2, 0.25) is 0 Å². The van der Waals surface area contributed by atoms with Crippen molar-refractivity contribution in [2.75, 3.05) is 0 Å². The summed E-state index contributed by atoms with van der Waals surface area (Å²) in [6, 6.07) is 22.4. The molecule has 0 unspecified atom stereocenters. The summed E-state index contributed by atoms with van der Waals surface area (Å²) in [6.45, 7) is 0. The van der Waals surface area contributed by atoms with E-state index in [2.05, 4.69) is 24.3 Å². The zero-order valence-electron chi connectivity index (χ0n) is 10.1. The lowest BCUT2D eigenvalue weighted by Crippen LogP contribution is -2.42. The second-order valence-corrected chi connectivity index (χ2v) is 14.1. The van der Waals surface area contributed by atoms with E-state index in [1.165, 1.54) is 11.1 Å². The summed E-state index contributed by atoms with van der Waals surface area (Å²) in [7, 11) is -1.13. The highest BCUT2D eigenvalue weighted by Crippen LogP contribution is 2.12. The third-order valence-corrected chi connectivity index (χ3v) is 7.32. The smallest absolute Gasteiger partial charge is 0.173 e. The normalized spacial score (nSPS) is 11.6. The molecule has 1 nitrogen and oxygen atoms in total. The number of benzene rings is 2. The van der Waals surface area contributed by atoms with E-state index in [-0.39, 0.29) is 0 Å². The van der Waals surface area contributed by atoms with Gasteiger partial charge in [-0.15, -0.1) is 0 Å². The van der Waals surface area contributed by atoms with Crippen molar-refractivity contribution < 1.29 is 4.80 Å². The fourth-order valence-electron chi connectivity index (χ4n) is 2.13. The Morgan fingerprint density at radius 1 is 0.765 bits per heavy atom. The van der Waals surface area contributed by atoms with Gasteiger partial charge in [-0.25, -0.2) is 0 Å². The minimum absolute atomic E-state index is 0.884. The molecule has 0 fully saturated rings. The van der Waals surface area contributed by atoms with Gasteiger partial charge in [-0.3, -0.25) is 0 Å². The molecular formula is C14H18OSi2. The zero-order valence-corrected chi connectivity index (χ0v) is 13.1. The van der Waals surface area contributed by atoms with Crippen molar-refractivity contribution in [3.05, 3.63) is 71.8 Å². The largest absolute Gasteiger partial charge is 0.435 e. The topological polar surface area (TPSA) is 20.2 Å². The van der Waals surface area contributed by atoms with Crippen LogP contribution in [0.15, 0.2) is 60.7 Å². The minimum atomic E-state index is -2.05. The standard InChI is InChI=1S/C14H18OSi2/c15-17(16,11-13-7-3-1-4-8-13)12-14-9-5-2-6-10-14/h1-10,15H,11-12H2,16H3. The molecule has 2 aromatic carbocycles. The molecule has 0 bridgehead atoms. The molecule has 2 rings (SSSR count). The van der Waals surface area contributed by atoms with Gasteiger partial charge in [0.15, 0.2) is 7.83 Å². The van der Waals surface area contributed by atoms with Gasteiger partial charge in [0, 0.05) is 9.76 Å². The lowest BCUT2D eigenvalue weighted by Gasteiger charge is -2.20. The summed E-state index contributed by atoms with van der Waals surface area (Å²) in [5, 5.41) is 0. The Labute approximate surface area is 106 Å². The maximum atomic E-state index is 10.6. The quantitative estimate of drug-likeness (QED) is 0.821. The van der Waals surface area contributed by atoms with Crippen LogP contribution in [0.3, 0.4) is 0 Å². The molecule has 2 aromatic rings. The molecular weight excluding hydrogens is 240 g/mol. The molecule has 3 heteroatoms. The van der Waals surface area contributed by atoms with Crippen LogP contribution in [0.1, 0.15) is 11.1 Å². The van der Waals surface area contributed by atoms with Crippen molar-refractivity contribution in [1.29, 1.82) is 0 Å². The highest BCUT2D eigenvalue weighted by atomic mass is 29.2. The van der Waals surface area contributed by atoms with Gasteiger partial charge < -0.3 is 4.80 Å². The Kier molecular flexibility index (Phi) is 3.94. The maximum absolute atomic E-state index is 10.6. The van der Waals surface area contributed by atoms with Crippen LogP contribution in [0.5, 0.6) is 0 Å². The van der Waals surface area contributed by atoms with Crippen LogP contribution in [0.2, 0.25) is 0 Å². The second-order valence-electron chi connectivity index (χ2n) is 4.82. The van der Waals surface area contributed by atoms with Crippen LogP contribution in [0, 0.1) is 0 Å². The summed E-state index contributed by atoms with van der Waals surface area (Å²) in [4.78, 5) is 10.6. The van der Waals surface area contributed by atoms with Gasteiger partial charge in [-0.1, -0.05) is 60.7 Å². The van der Waals surface area contributed by atoms with E-state index in [9.17, 15) is 4.80 Å². The highest BCUT2D eigenvalue weighted by molar-refractivity contribution is 7.11. The van der Waals surface area contributed by atoms with Gasteiger partial charge in [0.25, 0.3) is 0 Å². The Morgan fingerprint density at radius 3 is 1.47 bits per heavy atom. The van der Waals surface area contributed by atoms with E-state index in [4.69, 9.17) is 0 Å². The molecule has 0 spiro atoms. The van der Waals surface area contributed by atoms with Crippen LogP contribution in [-0.4, -0.2) is 22.4 Å². The Bertz CT molecular complexity index is 411. The fraction of sp³-hybridized carbons (Fsp3) is 0.143. The highest BCUT2D eigenvalue weighted by Gasteiger charge is 2.24. The third kappa shape index (κ3) is 3.96. The van der Waals surface area contributed by atoms with Gasteiger partial charge in [0.05, 0.1) is 0 Å². The predicted octanol–water partition coefficient (Wildman–Crippen LogP) is 1.35. The van der Waals surface area contributed by atoms with Crippen molar-refractivity contribution in [2.45, 2.75) is 12.1 Å². The molecule has 0 aromatic heterocycles. The van der Waals surface area contributed by atoms with Gasteiger partial charge in [-0.2, -0.15) is 0 Å². The molecule has 0 radical (unpaired) electrons. The van der Waals surface area contributed by atoms with Gasteiger partial charge >= 0.3 is 0 Å². The van der Waals surface area contributed by atoms with Crippen molar-refractivity contribution in [3.8, 4) is 0 Å².